The van der Waals surface area contributed by atoms with E-state index in [1.807, 2.05) is 13.8 Å². The van der Waals surface area contributed by atoms with Gasteiger partial charge >= 0.3 is 0 Å². The Bertz CT molecular complexity index is 212. The summed E-state index contributed by atoms with van der Waals surface area (Å²) in [6.07, 6.45) is 0. The van der Waals surface area contributed by atoms with E-state index in [0.29, 0.717) is 6.04 Å². The fourth-order valence-electron chi connectivity index (χ4n) is 2.96. The standard InChI is InChI=1S/C11H22N2O/c1-8-10-5-12-4-9(10)6-13(8)7-11(2,3)14/h8-10,12,14H,4-7H2,1-3H3. The highest BCUT2D eigenvalue weighted by Crippen LogP contribution is 2.32. The Balaban J connectivity index is 1.96. The van der Waals surface area contributed by atoms with E-state index in [-0.39, 0.29) is 0 Å². The lowest BCUT2D eigenvalue weighted by Crippen LogP contribution is -2.42. The van der Waals surface area contributed by atoms with Crippen molar-refractivity contribution in [3.05, 3.63) is 0 Å². The lowest BCUT2D eigenvalue weighted by Gasteiger charge is -2.30. The third-order valence-electron chi connectivity index (χ3n) is 3.65. The summed E-state index contributed by atoms with van der Waals surface area (Å²) in [5, 5.41) is 13.3. The second-order valence-corrected chi connectivity index (χ2v) is 5.56. The zero-order valence-corrected chi connectivity index (χ0v) is 9.45. The van der Waals surface area contributed by atoms with Crippen molar-refractivity contribution in [1.29, 1.82) is 0 Å². The molecule has 3 atom stereocenters. The topological polar surface area (TPSA) is 35.5 Å². The van der Waals surface area contributed by atoms with Crippen LogP contribution < -0.4 is 5.32 Å². The van der Waals surface area contributed by atoms with Crippen LogP contribution in [0.1, 0.15) is 20.8 Å². The van der Waals surface area contributed by atoms with Crippen LogP contribution in [-0.4, -0.2) is 47.8 Å². The zero-order chi connectivity index (χ0) is 10.3. The third kappa shape index (κ3) is 1.95. The number of β-amino-alcohol motifs (C(OH)–C–C–N with tert-alkyl or cyclic N) is 1. The van der Waals surface area contributed by atoms with Gasteiger partial charge in [0.05, 0.1) is 5.60 Å². The Hall–Kier alpha value is -0.120. The summed E-state index contributed by atoms with van der Waals surface area (Å²) in [6.45, 7) is 10.4. The molecule has 0 bridgehead atoms. The molecule has 14 heavy (non-hydrogen) atoms. The van der Waals surface area contributed by atoms with E-state index in [2.05, 4.69) is 17.1 Å². The van der Waals surface area contributed by atoms with Crippen molar-refractivity contribution in [3.8, 4) is 0 Å². The first-order valence-corrected chi connectivity index (χ1v) is 5.64. The average Bonchev–Trinajstić information content (AvgIpc) is 2.55. The molecule has 3 unspecified atom stereocenters. The number of aliphatic hydroxyl groups is 1. The molecule has 3 heteroatoms. The molecule has 0 aliphatic carbocycles. The molecule has 2 aliphatic rings. The quantitative estimate of drug-likeness (QED) is 0.670. The maximum absolute atomic E-state index is 9.80. The van der Waals surface area contributed by atoms with E-state index in [9.17, 15) is 5.11 Å². The summed E-state index contributed by atoms with van der Waals surface area (Å²) >= 11 is 0. The maximum Gasteiger partial charge on any atom is 0.0718 e. The summed E-state index contributed by atoms with van der Waals surface area (Å²) in [4.78, 5) is 2.44. The molecular weight excluding hydrogens is 176 g/mol. The highest BCUT2D eigenvalue weighted by Gasteiger charge is 2.42. The number of nitrogens with zero attached hydrogens (tertiary/aromatic N) is 1. The van der Waals surface area contributed by atoms with Crippen LogP contribution in [0.15, 0.2) is 0 Å². The van der Waals surface area contributed by atoms with Crippen LogP contribution >= 0.6 is 0 Å². The summed E-state index contributed by atoms with van der Waals surface area (Å²) in [6, 6.07) is 0.626. The van der Waals surface area contributed by atoms with Crippen LogP contribution in [0.3, 0.4) is 0 Å². The van der Waals surface area contributed by atoms with E-state index in [1.165, 1.54) is 0 Å². The fraction of sp³-hybridized carbons (Fsp3) is 1.00. The molecule has 0 saturated carbocycles. The molecule has 0 aromatic heterocycles. The largest absolute Gasteiger partial charge is 0.389 e. The Kier molecular flexibility index (Phi) is 2.58. The van der Waals surface area contributed by atoms with Gasteiger partial charge in [0.2, 0.25) is 0 Å². The van der Waals surface area contributed by atoms with Crippen LogP contribution in [0.5, 0.6) is 0 Å². The van der Waals surface area contributed by atoms with Crippen molar-refractivity contribution in [2.45, 2.75) is 32.4 Å². The van der Waals surface area contributed by atoms with E-state index in [4.69, 9.17) is 0 Å². The lowest BCUT2D eigenvalue weighted by atomic mass is 9.95. The molecule has 2 saturated heterocycles. The van der Waals surface area contributed by atoms with E-state index in [1.54, 1.807) is 0 Å². The molecule has 0 amide bonds. The SMILES string of the molecule is CC1C2CNCC2CN1CC(C)(C)O. The molecule has 2 heterocycles. The van der Waals surface area contributed by atoms with Gasteiger partial charge in [0.1, 0.15) is 0 Å². The number of fused-ring (bicyclic) bond motifs is 1. The van der Waals surface area contributed by atoms with Crippen LogP contribution in [-0.2, 0) is 0 Å². The van der Waals surface area contributed by atoms with Crippen LogP contribution in [0.2, 0.25) is 0 Å². The van der Waals surface area contributed by atoms with Gasteiger partial charge in [0.15, 0.2) is 0 Å². The van der Waals surface area contributed by atoms with Gasteiger partial charge in [0.25, 0.3) is 0 Å². The minimum atomic E-state index is -0.555. The minimum Gasteiger partial charge on any atom is -0.389 e. The van der Waals surface area contributed by atoms with Crippen molar-refractivity contribution in [2.75, 3.05) is 26.2 Å². The molecule has 2 fully saturated rings. The van der Waals surface area contributed by atoms with Gasteiger partial charge in [-0.25, -0.2) is 0 Å². The van der Waals surface area contributed by atoms with Crippen molar-refractivity contribution in [2.24, 2.45) is 11.8 Å². The number of hydrogen-bond acceptors (Lipinski definition) is 3. The molecule has 3 nitrogen and oxygen atoms in total. The van der Waals surface area contributed by atoms with Gasteiger partial charge in [0, 0.05) is 19.1 Å². The zero-order valence-electron chi connectivity index (χ0n) is 9.45. The summed E-state index contributed by atoms with van der Waals surface area (Å²) < 4.78 is 0. The highest BCUT2D eigenvalue weighted by atomic mass is 16.3. The van der Waals surface area contributed by atoms with Gasteiger partial charge in [-0.05, 0) is 45.7 Å². The Labute approximate surface area is 86.5 Å². The van der Waals surface area contributed by atoms with Gasteiger partial charge in [-0.3, -0.25) is 4.90 Å². The van der Waals surface area contributed by atoms with E-state index in [0.717, 1.165) is 38.0 Å². The normalized spacial score (nSPS) is 39.0. The van der Waals surface area contributed by atoms with Crippen LogP contribution in [0, 0.1) is 11.8 Å². The smallest absolute Gasteiger partial charge is 0.0718 e. The molecular formula is C11H22N2O. The minimum absolute atomic E-state index is 0.555. The van der Waals surface area contributed by atoms with Gasteiger partial charge in [-0.1, -0.05) is 0 Å². The van der Waals surface area contributed by atoms with E-state index >= 15 is 0 Å². The monoisotopic (exact) mass is 198 g/mol. The summed E-state index contributed by atoms with van der Waals surface area (Å²) in [5.41, 5.74) is -0.555. The first kappa shape index (κ1) is 10.4. The fourth-order valence-corrected chi connectivity index (χ4v) is 2.96. The molecule has 2 N–H and O–H groups in total. The number of likely N-dealkylation sites (tertiary alicyclic amines) is 1. The van der Waals surface area contributed by atoms with Crippen molar-refractivity contribution >= 4 is 0 Å². The van der Waals surface area contributed by atoms with E-state index < -0.39 is 5.60 Å². The summed E-state index contributed by atoms with van der Waals surface area (Å²) in [7, 11) is 0. The first-order valence-electron chi connectivity index (χ1n) is 5.64. The molecule has 2 aliphatic heterocycles. The van der Waals surface area contributed by atoms with Crippen LogP contribution in [0.25, 0.3) is 0 Å². The maximum atomic E-state index is 9.80. The first-order chi connectivity index (χ1) is 6.47. The predicted octanol–water partition coefficient (Wildman–Crippen LogP) is 0.297. The number of hydrogen-bond donors (Lipinski definition) is 2. The third-order valence-corrected chi connectivity index (χ3v) is 3.65. The predicted molar refractivity (Wildman–Crippen MR) is 57.2 cm³/mol. The van der Waals surface area contributed by atoms with Gasteiger partial charge < -0.3 is 10.4 Å². The number of nitrogens with one attached hydrogen (secondary N) is 1. The van der Waals surface area contributed by atoms with Gasteiger partial charge in [-0.2, -0.15) is 0 Å². The molecule has 0 aromatic rings. The lowest BCUT2D eigenvalue weighted by molar-refractivity contribution is 0.0305. The Morgan fingerprint density at radius 3 is 2.71 bits per heavy atom. The molecule has 0 aromatic carbocycles. The molecule has 0 spiro atoms. The second-order valence-electron chi connectivity index (χ2n) is 5.56. The molecule has 82 valence electrons. The molecule has 0 radical (unpaired) electrons. The average molecular weight is 198 g/mol. The molecule has 2 rings (SSSR count). The van der Waals surface area contributed by atoms with Crippen LogP contribution in [0.4, 0.5) is 0 Å². The summed E-state index contributed by atoms with van der Waals surface area (Å²) in [5.74, 6) is 1.62. The van der Waals surface area contributed by atoms with Crippen molar-refractivity contribution in [1.82, 2.24) is 10.2 Å². The highest BCUT2D eigenvalue weighted by molar-refractivity contribution is 4.97. The van der Waals surface area contributed by atoms with Crippen molar-refractivity contribution < 1.29 is 5.11 Å². The van der Waals surface area contributed by atoms with Gasteiger partial charge in [-0.15, -0.1) is 0 Å². The number of rotatable bonds is 2. The van der Waals surface area contributed by atoms with Crippen molar-refractivity contribution in [3.63, 3.8) is 0 Å². The Morgan fingerprint density at radius 2 is 2.14 bits per heavy atom. The Morgan fingerprint density at radius 1 is 1.43 bits per heavy atom. The second kappa shape index (κ2) is 3.47.